The minimum atomic E-state index is 0.0528. The van der Waals surface area contributed by atoms with Crippen molar-refractivity contribution in [2.75, 3.05) is 41.0 Å². The third-order valence-electron chi connectivity index (χ3n) is 6.25. The first kappa shape index (κ1) is 25.0. The van der Waals surface area contributed by atoms with Gasteiger partial charge >= 0.3 is 0 Å². The summed E-state index contributed by atoms with van der Waals surface area (Å²) in [6.07, 6.45) is 3.00. The topological polar surface area (TPSA) is 64.1 Å². The molecular weight excluding hydrogens is 462 g/mol. The van der Waals surface area contributed by atoms with Crippen LogP contribution in [0.5, 0.6) is 17.2 Å². The Morgan fingerprint density at radius 1 is 0.943 bits per heavy atom. The number of thiazole rings is 1. The molecule has 1 aromatic heterocycles. The minimum absolute atomic E-state index is 0.0528. The standard InChI is InChI=1S/C27H33N3O4S/c1-32-22-9-6-21(7-10-22)17-29(15-12-20-8-11-24(33-2)25(16-20)34-3)18-26-28-23(19-35-26)27(31)30-13-4-5-14-30/h6-11,16,19H,4-5,12-15,17-18H2,1-3H3. The summed E-state index contributed by atoms with van der Waals surface area (Å²) < 4.78 is 16.1. The van der Waals surface area contributed by atoms with Crippen molar-refractivity contribution in [2.24, 2.45) is 0 Å². The zero-order chi connectivity index (χ0) is 24.6. The predicted octanol–water partition coefficient (Wildman–Crippen LogP) is 4.65. The van der Waals surface area contributed by atoms with Crippen LogP contribution in [0.1, 0.15) is 39.5 Å². The van der Waals surface area contributed by atoms with Gasteiger partial charge in [0.05, 0.1) is 27.9 Å². The summed E-state index contributed by atoms with van der Waals surface area (Å²) >= 11 is 1.56. The van der Waals surface area contributed by atoms with Crippen LogP contribution in [0.15, 0.2) is 47.8 Å². The first-order valence-corrected chi connectivity index (χ1v) is 12.8. The van der Waals surface area contributed by atoms with E-state index in [1.165, 1.54) is 11.1 Å². The number of ether oxygens (including phenoxy) is 3. The van der Waals surface area contributed by atoms with Gasteiger partial charge in [0.1, 0.15) is 16.5 Å². The van der Waals surface area contributed by atoms with Gasteiger partial charge in [0.25, 0.3) is 5.91 Å². The average Bonchev–Trinajstić information content (AvgIpc) is 3.60. The van der Waals surface area contributed by atoms with Crippen molar-refractivity contribution < 1.29 is 19.0 Å². The second kappa shape index (κ2) is 12.0. The number of benzene rings is 2. The van der Waals surface area contributed by atoms with Gasteiger partial charge in [-0.25, -0.2) is 4.98 Å². The molecule has 1 fully saturated rings. The molecule has 7 nitrogen and oxygen atoms in total. The van der Waals surface area contributed by atoms with Gasteiger partial charge in [-0.1, -0.05) is 18.2 Å². The smallest absolute Gasteiger partial charge is 0.273 e. The van der Waals surface area contributed by atoms with Gasteiger partial charge in [-0.2, -0.15) is 0 Å². The molecule has 2 aromatic carbocycles. The molecule has 0 N–H and O–H groups in total. The lowest BCUT2D eigenvalue weighted by molar-refractivity contribution is 0.0787. The molecule has 35 heavy (non-hydrogen) atoms. The number of amides is 1. The fraction of sp³-hybridized carbons (Fsp3) is 0.407. The van der Waals surface area contributed by atoms with Crippen molar-refractivity contribution in [1.29, 1.82) is 0 Å². The van der Waals surface area contributed by atoms with Crippen molar-refractivity contribution >= 4 is 17.2 Å². The van der Waals surface area contributed by atoms with Gasteiger partial charge in [0.2, 0.25) is 0 Å². The highest BCUT2D eigenvalue weighted by Crippen LogP contribution is 2.28. The monoisotopic (exact) mass is 495 g/mol. The first-order valence-electron chi connectivity index (χ1n) is 11.9. The number of methoxy groups -OCH3 is 3. The third kappa shape index (κ3) is 6.52. The molecule has 1 saturated heterocycles. The average molecular weight is 496 g/mol. The molecule has 2 heterocycles. The van der Waals surface area contributed by atoms with Crippen LogP contribution in [0.25, 0.3) is 0 Å². The molecule has 186 valence electrons. The number of carbonyl (C=O) groups excluding carboxylic acids is 1. The number of hydrogen-bond donors (Lipinski definition) is 0. The van der Waals surface area contributed by atoms with E-state index in [2.05, 4.69) is 23.1 Å². The maximum absolute atomic E-state index is 12.7. The molecule has 3 aromatic rings. The first-order chi connectivity index (χ1) is 17.1. The normalized spacial score (nSPS) is 13.3. The maximum atomic E-state index is 12.7. The van der Waals surface area contributed by atoms with E-state index in [1.54, 1.807) is 32.7 Å². The molecule has 0 atom stereocenters. The van der Waals surface area contributed by atoms with E-state index in [4.69, 9.17) is 19.2 Å². The highest BCUT2D eigenvalue weighted by molar-refractivity contribution is 7.09. The van der Waals surface area contributed by atoms with Gasteiger partial charge in [0, 0.05) is 31.6 Å². The predicted molar refractivity (Wildman–Crippen MR) is 138 cm³/mol. The highest BCUT2D eigenvalue weighted by atomic mass is 32.1. The molecule has 8 heteroatoms. The van der Waals surface area contributed by atoms with Gasteiger partial charge in [0.15, 0.2) is 11.5 Å². The summed E-state index contributed by atoms with van der Waals surface area (Å²) in [5.74, 6) is 2.36. The molecule has 0 saturated carbocycles. The Morgan fingerprint density at radius 2 is 1.66 bits per heavy atom. The number of hydrogen-bond acceptors (Lipinski definition) is 7. The van der Waals surface area contributed by atoms with Gasteiger partial charge < -0.3 is 19.1 Å². The van der Waals surface area contributed by atoms with Crippen molar-refractivity contribution in [3.8, 4) is 17.2 Å². The molecule has 0 bridgehead atoms. The van der Waals surface area contributed by atoms with E-state index >= 15 is 0 Å². The van der Waals surface area contributed by atoms with Crippen molar-refractivity contribution in [3.05, 3.63) is 69.7 Å². The summed E-state index contributed by atoms with van der Waals surface area (Å²) in [7, 11) is 4.97. The van der Waals surface area contributed by atoms with E-state index in [0.717, 1.165) is 67.7 Å². The lowest BCUT2D eigenvalue weighted by Gasteiger charge is -2.22. The molecule has 1 aliphatic heterocycles. The van der Waals surface area contributed by atoms with Gasteiger partial charge in [-0.05, 0) is 54.7 Å². The molecule has 0 unspecified atom stereocenters. The van der Waals surface area contributed by atoms with Crippen LogP contribution in [0.4, 0.5) is 0 Å². The van der Waals surface area contributed by atoms with Gasteiger partial charge in [-0.15, -0.1) is 11.3 Å². The summed E-state index contributed by atoms with van der Waals surface area (Å²) in [6.45, 7) is 3.95. The van der Waals surface area contributed by atoms with E-state index in [-0.39, 0.29) is 5.91 Å². The Morgan fingerprint density at radius 3 is 2.34 bits per heavy atom. The van der Waals surface area contributed by atoms with Crippen LogP contribution in [0.3, 0.4) is 0 Å². The second-order valence-electron chi connectivity index (χ2n) is 8.62. The summed E-state index contributed by atoms with van der Waals surface area (Å²) in [4.78, 5) is 21.7. The van der Waals surface area contributed by atoms with E-state index in [9.17, 15) is 4.79 Å². The lowest BCUT2D eigenvalue weighted by Crippen LogP contribution is -2.28. The quantitative estimate of drug-likeness (QED) is 0.386. The molecular formula is C27H33N3O4S. The zero-order valence-corrected chi connectivity index (χ0v) is 21.5. The summed E-state index contributed by atoms with van der Waals surface area (Å²) in [5.41, 5.74) is 2.94. The summed E-state index contributed by atoms with van der Waals surface area (Å²) in [6, 6.07) is 14.2. The minimum Gasteiger partial charge on any atom is -0.497 e. The van der Waals surface area contributed by atoms with E-state index in [1.807, 2.05) is 34.5 Å². The van der Waals surface area contributed by atoms with Crippen molar-refractivity contribution in [2.45, 2.75) is 32.4 Å². The Bertz CT molecular complexity index is 1110. The van der Waals surface area contributed by atoms with Crippen LogP contribution in [0, 0.1) is 0 Å². The fourth-order valence-corrected chi connectivity index (χ4v) is 5.09. The van der Waals surface area contributed by atoms with Crippen LogP contribution in [0.2, 0.25) is 0 Å². The Hall–Kier alpha value is -3.10. The third-order valence-corrected chi connectivity index (χ3v) is 7.09. The van der Waals surface area contributed by atoms with Crippen molar-refractivity contribution in [1.82, 2.24) is 14.8 Å². The van der Waals surface area contributed by atoms with Crippen LogP contribution in [-0.2, 0) is 19.5 Å². The van der Waals surface area contributed by atoms with Crippen LogP contribution in [-0.4, -0.2) is 61.7 Å². The lowest BCUT2D eigenvalue weighted by atomic mass is 10.1. The Balaban J connectivity index is 1.47. The molecule has 1 aliphatic rings. The van der Waals surface area contributed by atoms with Gasteiger partial charge in [-0.3, -0.25) is 9.69 Å². The van der Waals surface area contributed by atoms with Crippen LogP contribution >= 0.6 is 11.3 Å². The second-order valence-corrected chi connectivity index (χ2v) is 9.57. The van der Waals surface area contributed by atoms with E-state index < -0.39 is 0 Å². The maximum Gasteiger partial charge on any atom is 0.273 e. The van der Waals surface area contributed by atoms with Crippen LogP contribution < -0.4 is 14.2 Å². The zero-order valence-electron chi connectivity index (χ0n) is 20.7. The Labute approximate surface area is 211 Å². The Kier molecular flexibility index (Phi) is 8.60. The number of nitrogens with zero attached hydrogens (tertiary/aromatic N) is 3. The fourth-order valence-electron chi connectivity index (χ4n) is 4.28. The van der Waals surface area contributed by atoms with E-state index in [0.29, 0.717) is 12.2 Å². The molecule has 0 aliphatic carbocycles. The molecule has 0 radical (unpaired) electrons. The number of aromatic nitrogens is 1. The number of rotatable bonds is 11. The molecule has 4 rings (SSSR count). The molecule has 1 amide bonds. The number of carbonyl (C=O) groups is 1. The summed E-state index contributed by atoms with van der Waals surface area (Å²) in [5, 5.41) is 2.85. The largest absolute Gasteiger partial charge is 0.497 e. The SMILES string of the molecule is COc1ccc(CN(CCc2ccc(OC)c(OC)c2)Cc2nc(C(=O)N3CCCC3)cs2)cc1. The highest BCUT2D eigenvalue weighted by Gasteiger charge is 2.22. The number of likely N-dealkylation sites (tertiary alicyclic amines) is 1. The molecule has 0 spiro atoms. The van der Waals surface area contributed by atoms with Crippen molar-refractivity contribution in [3.63, 3.8) is 0 Å².